The zero-order chi connectivity index (χ0) is 18.4. The van der Waals surface area contributed by atoms with E-state index in [0.29, 0.717) is 18.5 Å². The van der Waals surface area contributed by atoms with E-state index in [4.69, 9.17) is 4.74 Å². The molecule has 0 unspecified atom stereocenters. The molecule has 0 saturated carbocycles. The van der Waals surface area contributed by atoms with Crippen LogP contribution >= 0.6 is 0 Å². The molecule has 0 aliphatic carbocycles. The van der Waals surface area contributed by atoms with Crippen LogP contribution in [0.15, 0.2) is 11.6 Å². The summed E-state index contributed by atoms with van der Waals surface area (Å²) in [5, 5.41) is 11.0. The minimum atomic E-state index is -0.352. The minimum absolute atomic E-state index is 0.0661. The molecule has 6 heteroatoms. The van der Waals surface area contributed by atoms with Crippen molar-refractivity contribution in [1.29, 1.82) is 0 Å². The van der Waals surface area contributed by atoms with Crippen molar-refractivity contribution in [3.63, 3.8) is 0 Å². The van der Waals surface area contributed by atoms with E-state index in [1.807, 2.05) is 11.8 Å². The van der Waals surface area contributed by atoms with E-state index in [0.717, 1.165) is 38.8 Å². The third kappa shape index (κ3) is 2.97. The predicted octanol–water partition coefficient (Wildman–Crippen LogP) is 1.33. The second-order valence-corrected chi connectivity index (χ2v) is 8.41. The number of hydrogen-bond donors (Lipinski definition) is 1. The van der Waals surface area contributed by atoms with Gasteiger partial charge in [0.05, 0.1) is 6.10 Å². The number of rotatable bonds is 2. The Morgan fingerprint density at radius 2 is 2.00 bits per heavy atom. The first-order valence-electron chi connectivity index (χ1n) is 10.0. The summed E-state index contributed by atoms with van der Waals surface area (Å²) in [5.74, 6) is 0.240. The van der Waals surface area contributed by atoms with Crippen molar-refractivity contribution in [1.82, 2.24) is 9.80 Å². The van der Waals surface area contributed by atoms with Gasteiger partial charge in [-0.05, 0) is 33.1 Å². The number of carbonyl (C=O) groups excluding carboxylic acids is 2. The standard InChI is InChI=1S/C20H30N2O4/c1-3-12(2)20(25)26-13-7-8-21-10-14-16-5-4-6-18(23)22(16)11-15(19(14)24)17(21)9-13/h3,13-17,19,24H,4-11H2,1-2H3/b12-3-/t13-,14-,15-,16+,17-,19-/m0/s1. The van der Waals surface area contributed by atoms with Crippen LogP contribution in [0, 0.1) is 11.8 Å². The Labute approximate surface area is 155 Å². The number of fused-ring (bicyclic) bond motifs is 6. The molecule has 4 rings (SSSR count). The molecule has 0 aromatic carbocycles. The molecule has 1 amide bonds. The lowest BCUT2D eigenvalue weighted by atomic mass is 9.68. The molecule has 6 atom stereocenters. The van der Waals surface area contributed by atoms with Gasteiger partial charge in [-0.15, -0.1) is 0 Å². The summed E-state index contributed by atoms with van der Waals surface area (Å²) < 4.78 is 5.70. The first-order chi connectivity index (χ1) is 12.5. The molecular formula is C20H30N2O4. The Bertz CT molecular complexity index is 619. The summed E-state index contributed by atoms with van der Waals surface area (Å²) in [6.45, 7) is 6.01. The van der Waals surface area contributed by atoms with E-state index >= 15 is 0 Å². The lowest BCUT2D eigenvalue weighted by molar-refractivity contribution is -0.176. The van der Waals surface area contributed by atoms with Crippen molar-refractivity contribution < 1.29 is 19.4 Å². The van der Waals surface area contributed by atoms with Gasteiger partial charge in [-0.3, -0.25) is 9.69 Å². The highest BCUT2D eigenvalue weighted by Gasteiger charge is 2.54. The van der Waals surface area contributed by atoms with Gasteiger partial charge in [0.2, 0.25) is 5.91 Å². The molecular weight excluding hydrogens is 332 g/mol. The van der Waals surface area contributed by atoms with Crippen molar-refractivity contribution in [3.8, 4) is 0 Å². The smallest absolute Gasteiger partial charge is 0.333 e. The number of allylic oxidation sites excluding steroid dienone is 1. The Balaban J connectivity index is 1.49. The summed E-state index contributed by atoms with van der Waals surface area (Å²) in [7, 11) is 0. The van der Waals surface area contributed by atoms with Crippen LogP contribution in [-0.2, 0) is 14.3 Å². The number of nitrogens with zero attached hydrogens (tertiary/aromatic N) is 2. The largest absolute Gasteiger partial charge is 0.459 e. The second-order valence-electron chi connectivity index (χ2n) is 8.41. The van der Waals surface area contributed by atoms with Gasteiger partial charge in [0.1, 0.15) is 6.10 Å². The normalized spacial score (nSPS) is 40.7. The molecule has 4 fully saturated rings. The van der Waals surface area contributed by atoms with E-state index in [9.17, 15) is 14.7 Å². The van der Waals surface area contributed by atoms with E-state index in [1.54, 1.807) is 13.0 Å². The Kier molecular flexibility index (Phi) is 4.82. The van der Waals surface area contributed by atoms with Crippen molar-refractivity contribution >= 4 is 11.9 Å². The maximum Gasteiger partial charge on any atom is 0.333 e. The zero-order valence-corrected chi connectivity index (χ0v) is 15.8. The van der Waals surface area contributed by atoms with Gasteiger partial charge in [0, 0.05) is 62.0 Å². The molecule has 0 spiro atoms. The lowest BCUT2D eigenvalue weighted by Crippen LogP contribution is -2.70. The number of aliphatic hydroxyl groups excluding tert-OH is 1. The highest BCUT2D eigenvalue weighted by atomic mass is 16.5. The molecule has 1 N–H and O–H groups in total. The average Bonchev–Trinajstić information content (AvgIpc) is 2.63. The number of hydrogen-bond acceptors (Lipinski definition) is 5. The number of carbonyl (C=O) groups is 2. The van der Waals surface area contributed by atoms with Crippen LogP contribution in [0.4, 0.5) is 0 Å². The predicted molar refractivity (Wildman–Crippen MR) is 96.2 cm³/mol. The van der Waals surface area contributed by atoms with Gasteiger partial charge < -0.3 is 14.7 Å². The van der Waals surface area contributed by atoms with E-state index in [1.165, 1.54) is 0 Å². The molecule has 4 heterocycles. The number of amides is 1. The van der Waals surface area contributed by atoms with Crippen molar-refractivity contribution in [2.75, 3.05) is 19.6 Å². The topological polar surface area (TPSA) is 70.1 Å². The second kappa shape index (κ2) is 6.97. The zero-order valence-electron chi connectivity index (χ0n) is 15.8. The average molecular weight is 362 g/mol. The highest BCUT2D eigenvalue weighted by Crippen LogP contribution is 2.43. The lowest BCUT2D eigenvalue weighted by Gasteiger charge is -2.59. The number of piperidine rings is 4. The van der Waals surface area contributed by atoms with E-state index in [2.05, 4.69) is 4.90 Å². The van der Waals surface area contributed by atoms with E-state index < -0.39 is 0 Å². The van der Waals surface area contributed by atoms with Gasteiger partial charge in [-0.2, -0.15) is 0 Å². The molecule has 6 nitrogen and oxygen atoms in total. The summed E-state index contributed by atoms with van der Waals surface area (Å²) in [6, 6.07) is 0.394. The molecule has 0 aromatic rings. The van der Waals surface area contributed by atoms with Crippen LogP contribution in [0.5, 0.6) is 0 Å². The Morgan fingerprint density at radius 1 is 1.23 bits per heavy atom. The summed E-state index contributed by atoms with van der Waals surface area (Å²) in [4.78, 5) is 29.0. The van der Waals surface area contributed by atoms with Crippen LogP contribution in [-0.4, -0.2) is 70.7 Å². The first kappa shape index (κ1) is 18.0. The molecule has 4 aliphatic heterocycles. The summed E-state index contributed by atoms with van der Waals surface area (Å²) in [6.07, 6.45) is 5.53. The number of esters is 1. The fraction of sp³-hybridized carbons (Fsp3) is 0.800. The van der Waals surface area contributed by atoms with Gasteiger partial charge in [-0.1, -0.05) is 6.08 Å². The van der Waals surface area contributed by atoms with Crippen LogP contribution in [0.1, 0.15) is 46.0 Å². The third-order valence-corrected chi connectivity index (χ3v) is 7.07. The monoisotopic (exact) mass is 362 g/mol. The number of ether oxygens (including phenoxy) is 1. The molecule has 4 aliphatic rings. The maximum atomic E-state index is 12.4. The van der Waals surface area contributed by atoms with Crippen LogP contribution in [0.3, 0.4) is 0 Å². The molecule has 4 saturated heterocycles. The molecule has 2 bridgehead atoms. The highest BCUT2D eigenvalue weighted by molar-refractivity contribution is 5.87. The fourth-order valence-electron chi connectivity index (χ4n) is 5.51. The number of aliphatic hydroxyl groups is 1. The molecule has 0 aromatic heterocycles. The Hall–Kier alpha value is -1.40. The van der Waals surface area contributed by atoms with Gasteiger partial charge in [0.15, 0.2) is 0 Å². The van der Waals surface area contributed by atoms with Crippen molar-refractivity contribution in [2.24, 2.45) is 11.8 Å². The minimum Gasteiger partial charge on any atom is -0.459 e. The van der Waals surface area contributed by atoms with Crippen LogP contribution < -0.4 is 0 Å². The fourth-order valence-corrected chi connectivity index (χ4v) is 5.51. The maximum absolute atomic E-state index is 12.4. The quantitative estimate of drug-likeness (QED) is 0.593. The first-order valence-corrected chi connectivity index (χ1v) is 10.0. The van der Waals surface area contributed by atoms with Gasteiger partial charge in [-0.25, -0.2) is 4.79 Å². The van der Waals surface area contributed by atoms with Crippen LogP contribution in [0.2, 0.25) is 0 Å². The van der Waals surface area contributed by atoms with Crippen LogP contribution in [0.25, 0.3) is 0 Å². The molecule has 144 valence electrons. The van der Waals surface area contributed by atoms with E-state index in [-0.39, 0.29) is 48.0 Å². The summed E-state index contributed by atoms with van der Waals surface area (Å²) >= 11 is 0. The SMILES string of the molecule is C/C=C(/C)C(=O)O[C@H]1CCN2C[C@@H]3[C@H](O)[C@@H](CN4C(=O)CCC[C@H]34)[C@@H]2C1. The van der Waals surface area contributed by atoms with Gasteiger partial charge in [0.25, 0.3) is 0 Å². The summed E-state index contributed by atoms with van der Waals surface area (Å²) in [5.41, 5.74) is 0.635. The molecule has 26 heavy (non-hydrogen) atoms. The molecule has 0 radical (unpaired) electrons. The Morgan fingerprint density at radius 3 is 2.77 bits per heavy atom. The van der Waals surface area contributed by atoms with Crippen molar-refractivity contribution in [3.05, 3.63) is 11.6 Å². The van der Waals surface area contributed by atoms with Crippen molar-refractivity contribution in [2.45, 2.75) is 70.2 Å². The van der Waals surface area contributed by atoms with Gasteiger partial charge >= 0.3 is 5.97 Å². The third-order valence-electron chi connectivity index (χ3n) is 7.07.